The Labute approximate surface area is 180 Å². The molecular formula is C21H23ClN4O2S. The summed E-state index contributed by atoms with van der Waals surface area (Å²) in [6.07, 6.45) is 0.530. The van der Waals surface area contributed by atoms with Gasteiger partial charge in [0.25, 0.3) is 5.91 Å². The highest BCUT2D eigenvalue weighted by molar-refractivity contribution is 7.80. The molecule has 0 aromatic heterocycles. The number of thiocarbonyl (C=S) groups is 1. The van der Waals surface area contributed by atoms with Gasteiger partial charge in [0, 0.05) is 43.9 Å². The maximum Gasteiger partial charge on any atom is 0.257 e. The van der Waals surface area contributed by atoms with Gasteiger partial charge < -0.3 is 15.1 Å². The van der Waals surface area contributed by atoms with Crippen LogP contribution in [0.3, 0.4) is 0 Å². The zero-order valence-electron chi connectivity index (χ0n) is 16.2. The third-order valence-corrected chi connectivity index (χ3v) is 5.25. The Kier molecular flexibility index (Phi) is 7.06. The SMILES string of the molecule is CCC(=O)N1CCN(c2ccc(NC(=S)NC(=O)c3ccccc3)cc2Cl)CC1. The number of nitrogens with zero attached hydrogens (tertiary/aromatic N) is 2. The molecular weight excluding hydrogens is 408 g/mol. The fourth-order valence-corrected chi connectivity index (χ4v) is 3.70. The van der Waals surface area contributed by atoms with Gasteiger partial charge in [-0.25, -0.2) is 0 Å². The van der Waals surface area contributed by atoms with Gasteiger partial charge >= 0.3 is 0 Å². The van der Waals surface area contributed by atoms with Crippen molar-refractivity contribution < 1.29 is 9.59 Å². The lowest BCUT2D eigenvalue weighted by Crippen LogP contribution is -2.48. The van der Waals surface area contributed by atoms with Gasteiger partial charge in [0.1, 0.15) is 0 Å². The molecule has 0 unspecified atom stereocenters. The number of nitrogens with one attached hydrogen (secondary N) is 2. The van der Waals surface area contributed by atoms with Crippen LogP contribution in [-0.4, -0.2) is 48.0 Å². The fourth-order valence-electron chi connectivity index (χ4n) is 3.19. The van der Waals surface area contributed by atoms with Crippen molar-refractivity contribution in [3.8, 4) is 0 Å². The Balaban J connectivity index is 1.57. The highest BCUT2D eigenvalue weighted by Crippen LogP contribution is 2.29. The number of halogens is 1. The van der Waals surface area contributed by atoms with Crippen LogP contribution in [0, 0.1) is 0 Å². The Bertz CT molecular complexity index is 899. The highest BCUT2D eigenvalue weighted by atomic mass is 35.5. The van der Waals surface area contributed by atoms with Crippen molar-refractivity contribution in [2.45, 2.75) is 13.3 Å². The number of rotatable bonds is 4. The van der Waals surface area contributed by atoms with Crippen LogP contribution < -0.4 is 15.5 Å². The summed E-state index contributed by atoms with van der Waals surface area (Å²) < 4.78 is 0. The van der Waals surface area contributed by atoms with E-state index in [1.54, 1.807) is 30.3 Å². The van der Waals surface area contributed by atoms with E-state index in [0.29, 0.717) is 35.8 Å². The van der Waals surface area contributed by atoms with Crippen molar-refractivity contribution in [3.05, 3.63) is 59.1 Å². The van der Waals surface area contributed by atoms with Gasteiger partial charge in [-0.15, -0.1) is 0 Å². The van der Waals surface area contributed by atoms with Crippen LogP contribution in [0.5, 0.6) is 0 Å². The Hall–Kier alpha value is -2.64. The number of carbonyl (C=O) groups is 2. The number of amides is 2. The van der Waals surface area contributed by atoms with E-state index in [1.165, 1.54) is 0 Å². The molecule has 8 heteroatoms. The quantitative estimate of drug-likeness (QED) is 0.726. The molecule has 0 spiro atoms. The van der Waals surface area contributed by atoms with Crippen molar-refractivity contribution in [1.82, 2.24) is 10.2 Å². The predicted molar refractivity (Wildman–Crippen MR) is 121 cm³/mol. The molecule has 1 aliphatic rings. The first-order valence-electron chi connectivity index (χ1n) is 9.47. The first-order valence-corrected chi connectivity index (χ1v) is 10.3. The van der Waals surface area contributed by atoms with E-state index in [4.69, 9.17) is 23.8 Å². The van der Waals surface area contributed by atoms with Gasteiger partial charge in [-0.3, -0.25) is 14.9 Å². The third-order valence-electron chi connectivity index (χ3n) is 4.74. The molecule has 1 saturated heterocycles. The summed E-state index contributed by atoms with van der Waals surface area (Å²) >= 11 is 11.7. The summed E-state index contributed by atoms with van der Waals surface area (Å²) in [6.45, 7) is 4.74. The van der Waals surface area contributed by atoms with E-state index >= 15 is 0 Å². The molecule has 1 fully saturated rings. The standard InChI is InChI=1S/C21H23ClN4O2S/c1-2-19(27)26-12-10-25(11-13-26)18-9-8-16(14-17(18)22)23-21(29)24-20(28)15-6-4-3-5-7-15/h3-9,14H,2,10-13H2,1H3,(H2,23,24,28,29). The number of benzene rings is 2. The second-order valence-electron chi connectivity index (χ2n) is 6.66. The molecule has 0 aliphatic carbocycles. The minimum atomic E-state index is -0.273. The molecule has 2 aromatic carbocycles. The zero-order chi connectivity index (χ0) is 20.8. The van der Waals surface area contributed by atoms with Crippen molar-refractivity contribution in [1.29, 1.82) is 0 Å². The van der Waals surface area contributed by atoms with Crippen molar-refractivity contribution in [2.75, 3.05) is 36.4 Å². The van der Waals surface area contributed by atoms with Gasteiger partial charge in [-0.2, -0.15) is 0 Å². The largest absolute Gasteiger partial charge is 0.367 e. The summed E-state index contributed by atoms with van der Waals surface area (Å²) in [5, 5.41) is 6.43. The third kappa shape index (κ3) is 5.46. The average molecular weight is 431 g/mol. The van der Waals surface area contributed by atoms with Crippen LogP contribution in [-0.2, 0) is 4.79 Å². The van der Waals surface area contributed by atoms with Gasteiger partial charge in [-0.05, 0) is 42.5 Å². The van der Waals surface area contributed by atoms with Gasteiger partial charge in [0.15, 0.2) is 5.11 Å². The van der Waals surface area contributed by atoms with E-state index in [0.717, 1.165) is 18.8 Å². The molecule has 6 nitrogen and oxygen atoms in total. The fraction of sp³-hybridized carbons (Fsp3) is 0.286. The number of carbonyl (C=O) groups excluding carboxylic acids is 2. The van der Waals surface area contributed by atoms with Crippen LogP contribution in [0.15, 0.2) is 48.5 Å². The maximum absolute atomic E-state index is 12.2. The Morgan fingerprint density at radius 1 is 1.07 bits per heavy atom. The first-order chi connectivity index (χ1) is 14.0. The summed E-state index contributed by atoms with van der Waals surface area (Å²) in [7, 11) is 0. The first kappa shape index (κ1) is 21.1. The van der Waals surface area contributed by atoms with E-state index in [9.17, 15) is 9.59 Å². The molecule has 2 aromatic rings. The lowest BCUT2D eigenvalue weighted by atomic mass is 10.2. The number of hydrogen-bond acceptors (Lipinski definition) is 4. The van der Waals surface area contributed by atoms with Crippen molar-refractivity contribution in [3.63, 3.8) is 0 Å². The summed E-state index contributed by atoms with van der Waals surface area (Å²) in [4.78, 5) is 28.0. The molecule has 29 heavy (non-hydrogen) atoms. The van der Waals surface area contributed by atoms with E-state index in [1.807, 2.05) is 30.0 Å². The lowest BCUT2D eigenvalue weighted by molar-refractivity contribution is -0.131. The average Bonchev–Trinajstić information content (AvgIpc) is 2.74. The summed E-state index contributed by atoms with van der Waals surface area (Å²) in [6, 6.07) is 14.4. The van der Waals surface area contributed by atoms with Crippen LogP contribution in [0.4, 0.5) is 11.4 Å². The van der Waals surface area contributed by atoms with Gasteiger partial charge in [0.2, 0.25) is 5.91 Å². The van der Waals surface area contributed by atoms with E-state index in [-0.39, 0.29) is 16.9 Å². The minimum absolute atomic E-state index is 0.182. The minimum Gasteiger partial charge on any atom is -0.367 e. The van der Waals surface area contributed by atoms with Crippen LogP contribution in [0.2, 0.25) is 5.02 Å². The van der Waals surface area contributed by atoms with Gasteiger partial charge in [-0.1, -0.05) is 36.7 Å². The molecule has 0 radical (unpaired) electrons. The normalized spacial score (nSPS) is 13.7. The van der Waals surface area contributed by atoms with Crippen molar-refractivity contribution in [2.24, 2.45) is 0 Å². The summed E-state index contributed by atoms with van der Waals surface area (Å²) in [5.41, 5.74) is 2.14. The number of piperazine rings is 1. The second-order valence-corrected chi connectivity index (χ2v) is 7.48. The highest BCUT2D eigenvalue weighted by Gasteiger charge is 2.21. The lowest BCUT2D eigenvalue weighted by Gasteiger charge is -2.36. The Morgan fingerprint density at radius 3 is 2.38 bits per heavy atom. The zero-order valence-corrected chi connectivity index (χ0v) is 17.7. The maximum atomic E-state index is 12.2. The molecule has 2 N–H and O–H groups in total. The molecule has 1 aliphatic heterocycles. The van der Waals surface area contributed by atoms with Crippen LogP contribution in [0.1, 0.15) is 23.7 Å². The number of anilines is 2. The number of hydrogen-bond donors (Lipinski definition) is 2. The Morgan fingerprint density at radius 2 is 1.76 bits per heavy atom. The van der Waals surface area contributed by atoms with Crippen LogP contribution >= 0.6 is 23.8 Å². The van der Waals surface area contributed by atoms with Crippen molar-refractivity contribution >= 4 is 52.1 Å². The second kappa shape index (κ2) is 9.71. The smallest absolute Gasteiger partial charge is 0.257 e. The monoisotopic (exact) mass is 430 g/mol. The molecule has 3 rings (SSSR count). The predicted octanol–water partition coefficient (Wildman–Crippen LogP) is 3.53. The molecule has 0 atom stereocenters. The topological polar surface area (TPSA) is 64.7 Å². The molecule has 152 valence electrons. The van der Waals surface area contributed by atoms with E-state index in [2.05, 4.69) is 15.5 Å². The molecule has 0 bridgehead atoms. The molecule has 0 saturated carbocycles. The van der Waals surface area contributed by atoms with Gasteiger partial charge in [0.05, 0.1) is 10.7 Å². The molecule has 1 heterocycles. The molecule has 2 amide bonds. The summed E-state index contributed by atoms with van der Waals surface area (Å²) in [5.74, 6) is -0.0910. The van der Waals surface area contributed by atoms with Crippen LogP contribution in [0.25, 0.3) is 0 Å². The van der Waals surface area contributed by atoms with E-state index < -0.39 is 0 Å².